The fourth-order valence-corrected chi connectivity index (χ4v) is 1.22. The van der Waals surface area contributed by atoms with Gasteiger partial charge in [-0.25, -0.2) is 0 Å². The zero-order valence-corrected chi connectivity index (χ0v) is 9.08. The summed E-state index contributed by atoms with van der Waals surface area (Å²) >= 11 is 5.74. The number of terminal acetylenes is 1. The predicted octanol–water partition coefficient (Wildman–Crippen LogP) is 1.63. The first kappa shape index (κ1) is 11.4. The van der Waals surface area contributed by atoms with Crippen LogP contribution in [0.4, 0.5) is 5.69 Å². The molecule has 1 aromatic carbocycles. The van der Waals surface area contributed by atoms with Gasteiger partial charge >= 0.3 is 0 Å². The van der Waals surface area contributed by atoms with Gasteiger partial charge in [0.15, 0.2) is 0 Å². The Balaban J connectivity index is 2.93. The smallest absolute Gasteiger partial charge is 0.254 e. The van der Waals surface area contributed by atoms with Gasteiger partial charge in [-0.2, -0.15) is 0 Å². The van der Waals surface area contributed by atoms with Crippen LogP contribution in [0.2, 0.25) is 5.02 Å². The normalized spacial score (nSPS) is 9.40. The molecule has 0 unspecified atom stereocenters. The highest BCUT2D eigenvalue weighted by Crippen LogP contribution is 2.20. The fraction of sp³-hybridized carbons (Fsp3) is 0.182. The number of benzene rings is 1. The minimum Gasteiger partial charge on any atom is -0.398 e. The minimum atomic E-state index is -0.170. The van der Waals surface area contributed by atoms with Gasteiger partial charge in [0, 0.05) is 12.6 Å². The summed E-state index contributed by atoms with van der Waals surface area (Å²) in [6.07, 6.45) is 5.11. The second kappa shape index (κ2) is 4.72. The van der Waals surface area contributed by atoms with Gasteiger partial charge in [-0.1, -0.05) is 17.5 Å². The van der Waals surface area contributed by atoms with E-state index in [1.807, 2.05) is 0 Å². The number of carbonyl (C=O) groups excluding carboxylic acids is 1. The van der Waals surface area contributed by atoms with E-state index in [2.05, 4.69) is 5.92 Å². The van der Waals surface area contributed by atoms with Crippen molar-refractivity contribution in [2.45, 2.75) is 0 Å². The largest absolute Gasteiger partial charge is 0.398 e. The Morgan fingerprint density at radius 2 is 2.33 bits per heavy atom. The molecule has 0 fully saturated rings. The number of nitrogen functional groups attached to an aromatic ring is 1. The minimum absolute atomic E-state index is 0.170. The monoisotopic (exact) mass is 222 g/mol. The zero-order valence-electron chi connectivity index (χ0n) is 8.33. The number of carbonyl (C=O) groups is 1. The van der Waals surface area contributed by atoms with Crippen molar-refractivity contribution in [3.63, 3.8) is 0 Å². The van der Waals surface area contributed by atoms with Crippen molar-refractivity contribution in [2.75, 3.05) is 19.3 Å². The van der Waals surface area contributed by atoms with Crippen LogP contribution < -0.4 is 5.73 Å². The van der Waals surface area contributed by atoms with Crippen LogP contribution in [0.3, 0.4) is 0 Å². The Kier molecular flexibility index (Phi) is 3.59. The molecule has 1 amide bonds. The summed E-state index contributed by atoms with van der Waals surface area (Å²) in [5.41, 5.74) is 6.46. The molecule has 0 aliphatic carbocycles. The van der Waals surface area contributed by atoms with Crippen molar-refractivity contribution in [3.05, 3.63) is 28.8 Å². The first-order chi connectivity index (χ1) is 7.06. The number of hydrogen-bond donors (Lipinski definition) is 1. The number of anilines is 1. The molecule has 3 nitrogen and oxygen atoms in total. The van der Waals surface area contributed by atoms with Crippen LogP contribution in [0.5, 0.6) is 0 Å². The van der Waals surface area contributed by atoms with Crippen molar-refractivity contribution in [2.24, 2.45) is 0 Å². The van der Waals surface area contributed by atoms with Gasteiger partial charge in [0.05, 0.1) is 17.3 Å². The van der Waals surface area contributed by atoms with E-state index < -0.39 is 0 Å². The highest BCUT2D eigenvalue weighted by atomic mass is 35.5. The zero-order chi connectivity index (χ0) is 11.4. The maximum atomic E-state index is 11.7. The molecule has 0 spiro atoms. The van der Waals surface area contributed by atoms with Crippen LogP contribution in [-0.4, -0.2) is 24.4 Å². The van der Waals surface area contributed by atoms with E-state index in [-0.39, 0.29) is 12.5 Å². The number of halogens is 1. The van der Waals surface area contributed by atoms with Crippen LogP contribution in [0, 0.1) is 12.3 Å². The van der Waals surface area contributed by atoms with Crippen molar-refractivity contribution < 1.29 is 4.79 Å². The summed E-state index contributed by atoms with van der Waals surface area (Å²) in [5.74, 6) is 2.22. The van der Waals surface area contributed by atoms with Crippen molar-refractivity contribution >= 4 is 23.2 Å². The maximum absolute atomic E-state index is 11.7. The molecule has 0 radical (unpaired) electrons. The van der Waals surface area contributed by atoms with E-state index in [9.17, 15) is 4.79 Å². The number of amides is 1. The van der Waals surface area contributed by atoms with E-state index in [0.29, 0.717) is 16.3 Å². The Hall–Kier alpha value is -1.66. The van der Waals surface area contributed by atoms with Crippen LogP contribution in [0.25, 0.3) is 0 Å². The standard InChI is InChI=1S/C11H11ClN2O/c1-3-6-14(2)11(15)8-4-5-9(12)10(13)7-8/h1,4-5,7H,6,13H2,2H3. The van der Waals surface area contributed by atoms with Gasteiger partial charge in [0.1, 0.15) is 0 Å². The third-order valence-corrected chi connectivity index (χ3v) is 2.26. The molecule has 4 heteroatoms. The average molecular weight is 223 g/mol. The Morgan fingerprint density at radius 3 is 2.87 bits per heavy atom. The third-order valence-electron chi connectivity index (χ3n) is 1.92. The lowest BCUT2D eigenvalue weighted by molar-refractivity contribution is 0.0812. The summed E-state index contributed by atoms with van der Waals surface area (Å²) in [5, 5.41) is 0.436. The van der Waals surface area contributed by atoms with E-state index >= 15 is 0 Å². The molecule has 78 valence electrons. The number of nitrogens with zero attached hydrogens (tertiary/aromatic N) is 1. The summed E-state index contributed by atoms with van der Waals surface area (Å²) in [6.45, 7) is 0.265. The molecule has 0 bridgehead atoms. The molecule has 2 N–H and O–H groups in total. The summed E-state index contributed by atoms with van der Waals surface area (Å²) in [4.78, 5) is 13.2. The van der Waals surface area contributed by atoms with Crippen LogP contribution in [0.15, 0.2) is 18.2 Å². The Morgan fingerprint density at radius 1 is 1.67 bits per heavy atom. The molecule has 0 heterocycles. The van der Waals surface area contributed by atoms with Crippen molar-refractivity contribution in [3.8, 4) is 12.3 Å². The molecule has 15 heavy (non-hydrogen) atoms. The first-order valence-corrected chi connectivity index (χ1v) is 4.68. The van der Waals surface area contributed by atoms with Crippen LogP contribution in [0.1, 0.15) is 10.4 Å². The first-order valence-electron chi connectivity index (χ1n) is 4.30. The SMILES string of the molecule is C#CCN(C)C(=O)c1ccc(Cl)c(N)c1. The molecule has 1 rings (SSSR count). The van der Waals surface area contributed by atoms with Crippen LogP contribution in [-0.2, 0) is 0 Å². The molecular weight excluding hydrogens is 212 g/mol. The molecule has 1 aromatic rings. The van der Waals surface area contributed by atoms with Gasteiger partial charge < -0.3 is 10.6 Å². The lowest BCUT2D eigenvalue weighted by atomic mass is 10.2. The molecule has 0 saturated heterocycles. The predicted molar refractivity (Wildman–Crippen MR) is 61.7 cm³/mol. The second-order valence-corrected chi connectivity index (χ2v) is 3.51. The highest BCUT2D eigenvalue weighted by Gasteiger charge is 2.11. The van der Waals surface area contributed by atoms with Gasteiger partial charge in [0.25, 0.3) is 5.91 Å². The van der Waals surface area contributed by atoms with E-state index in [1.54, 1.807) is 19.2 Å². The second-order valence-electron chi connectivity index (χ2n) is 3.10. The fourth-order valence-electron chi connectivity index (χ4n) is 1.11. The third kappa shape index (κ3) is 2.64. The molecule has 0 aromatic heterocycles. The molecule has 0 saturated carbocycles. The lowest BCUT2D eigenvalue weighted by Gasteiger charge is -2.14. The number of hydrogen-bond acceptors (Lipinski definition) is 2. The van der Waals surface area contributed by atoms with E-state index in [1.165, 1.54) is 11.0 Å². The Bertz CT molecular complexity index is 423. The topological polar surface area (TPSA) is 46.3 Å². The quantitative estimate of drug-likeness (QED) is 0.611. The lowest BCUT2D eigenvalue weighted by Crippen LogP contribution is -2.26. The summed E-state index contributed by atoms with van der Waals surface area (Å²) < 4.78 is 0. The average Bonchev–Trinajstić information content (AvgIpc) is 2.21. The Labute approximate surface area is 93.8 Å². The summed E-state index contributed by atoms with van der Waals surface area (Å²) in [7, 11) is 1.63. The molecule has 0 atom stereocenters. The van der Waals surface area contributed by atoms with E-state index in [0.717, 1.165) is 0 Å². The van der Waals surface area contributed by atoms with Gasteiger partial charge in [-0.3, -0.25) is 4.79 Å². The molecule has 0 aliphatic rings. The summed E-state index contributed by atoms with van der Waals surface area (Å²) in [6, 6.07) is 4.75. The van der Waals surface area contributed by atoms with Crippen molar-refractivity contribution in [1.82, 2.24) is 4.90 Å². The van der Waals surface area contributed by atoms with Gasteiger partial charge in [0.2, 0.25) is 0 Å². The van der Waals surface area contributed by atoms with Gasteiger partial charge in [-0.15, -0.1) is 6.42 Å². The van der Waals surface area contributed by atoms with Gasteiger partial charge in [-0.05, 0) is 18.2 Å². The van der Waals surface area contributed by atoms with E-state index in [4.69, 9.17) is 23.8 Å². The number of rotatable bonds is 2. The molecule has 0 aliphatic heterocycles. The van der Waals surface area contributed by atoms with Crippen LogP contribution >= 0.6 is 11.6 Å². The molecular formula is C11H11ClN2O. The highest BCUT2D eigenvalue weighted by molar-refractivity contribution is 6.33. The number of nitrogens with two attached hydrogens (primary N) is 1. The maximum Gasteiger partial charge on any atom is 0.254 e. The van der Waals surface area contributed by atoms with Crippen molar-refractivity contribution in [1.29, 1.82) is 0 Å².